The summed E-state index contributed by atoms with van der Waals surface area (Å²) in [5.74, 6) is -0.451. The maximum Gasteiger partial charge on any atom is 0.495 e. The van der Waals surface area contributed by atoms with Crippen LogP contribution in [0, 0.1) is 12.9 Å². The van der Waals surface area contributed by atoms with Gasteiger partial charge in [-0.05, 0) is 46.1 Å². The van der Waals surface area contributed by atoms with Crippen LogP contribution < -0.4 is 5.46 Å². The number of nitrogens with one attached hydrogen (secondary N) is 1. The Morgan fingerprint density at radius 1 is 1.15 bits per heavy atom. The zero-order valence-corrected chi connectivity index (χ0v) is 12.4. The summed E-state index contributed by atoms with van der Waals surface area (Å²) >= 11 is 0. The largest absolute Gasteiger partial charge is 0.495 e. The summed E-state index contributed by atoms with van der Waals surface area (Å²) < 4.78 is 26.1. The van der Waals surface area contributed by atoms with Gasteiger partial charge in [-0.2, -0.15) is 9.49 Å². The molecule has 1 aromatic carbocycles. The molecule has 20 heavy (non-hydrogen) atoms. The Morgan fingerprint density at radius 2 is 1.75 bits per heavy atom. The van der Waals surface area contributed by atoms with Gasteiger partial charge in [0.1, 0.15) is 0 Å². The van der Waals surface area contributed by atoms with E-state index in [1.54, 1.807) is 6.07 Å². The van der Waals surface area contributed by atoms with Crippen molar-refractivity contribution in [3.05, 3.63) is 23.6 Å². The van der Waals surface area contributed by atoms with Crippen LogP contribution in [0.5, 0.6) is 0 Å². The van der Waals surface area contributed by atoms with Crippen molar-refractivity contribution in [1.82, 2.24) is 10.2 Å². The fourth-order valence-electron chi connectivity index (χ4n) is 2.47. The van der Waals surface area contributed by atoms with Gasteiger partial charge in [0.05, 0.1) is 22.1 Å². The minimum absolute atomic E-state index is 0.448. The molecule has 1 N–H and O–H groups in total. The van der Waals surface area contributed by atoms with Crippen molar-refractivity contribution in [2.45, 2.75) is 45.8 Å². The average molecular weight is 276 g/mol. The highest BCUT2D eigenvalue weighted by molar-refractivity contribution is 6.65. The SMILES string of the molecule is Cc1ccc2n[nH]c(F)c2c1B1OC(C)(C)C(C)(C)O1. The lowest BCUT2D eigenvalue weighted by Crippen LogP contribution is -2.41. The highest BCUT2D eigenvalue weighted by Crippen LogP contribution is 2.37. The van der Waals surface area contributed by atoms with Crippen LogP contribution in [0.4, 0.5) is 4.39 Å². The second-order valence-corrected chi connectivity index (χ2v) is 6.32. The van der Waals surface area contributed by atoms with Gasteiger partial charge in [-0.15, -0.1) is 0 Å². The number of aromatic amines is 1. The van der Waals surface area contributed by atoms with Crippen LogP contribution in [-0.4, -0.2) is 28.5 Å². The molecule has 1 fully saturated rings. The standard InChI is InChI=1S/C14H18BFN2O2/c1-8-6-7-9-10(12(16)18-17-9)11(8)15-19-13(2,3)14(4,5)20-15/h6-7H,1-5H3,(H,17,18). The molecule has 1 aliphatic rings. The fourth-order valence-corrected chi connectivity index (χ4v) is 2.47. The first-order valence-corrected chi connectivity index (χ1v) is 6.72. The summed E-state index contributed by atoms with van der Waals surface area (Å²) in [7, 11) is -0.587. The van der Waals surface area contributed by atoms with Crippen molar-refractivity contribution in [2.24, 2.45) is 0 Å². The van der Waals surface area contributed by atoms with Crippen molar-refractivity contribution >= 4 is 23.5 Å². The number of nitrogens with zero attached hydrogens (tertiary/aromatic N) is 1. The molecule has 0 amide bonds. The molecule has 1 aromatic heterocycles. The van der Waals surface area contributed by atoms with E-state index in [1.807, 2.05) is 40.7 Å². The van der Waals surface area contributed by atoms with Gasteiger partial charge in [0, 0.05) is 0 Å². The third-order valence-corrected chi connectivity index (χ3v) is 4.42. The van der Waals surface area contributed by atoms with Gasteiger partial charge in [-0.3, -0.25) is 5.10 Å². The van der Waals surface area contributed by atoms with Gasteiger partial charge < -0.3 is 9.31 Å². The minimum Gasteiger partial charge on any atom is -0.399 e. The summed E-state index contributed by atoms with van der Waals surface area (Å²) in [5.41, 5.74) is 1.32. The normalized spacial score (nSPS) is 20.8. The van der Waals surface area contributed by atoms with Crippen LogP contribution in [0.25, 0.3) is 10.9 Å². The molecule has 0 unspecified atom stereocenters. The van der Waals surface area contributed by atoms with Gasteiger partial charge in [-0.25, -0.2) is 0 Å². The van der Waals surface area contributed by atoms with E-state index in [2.05, 4.69) is 10.2 Å². The smallest absolute Gasteiger partial charge is 0.399 e. The summed E-state index contributed by atoms with van der Waals surface area (Å²) in [5, 5.41) is 6.78. The van der Waals surface area contributed by atoms with E-state index in [-0.39, 0.29) is 0 Å². The molecule has 0 atom stereocenters. The lowest BCUT2D eigenvalue weighted by Gasteiger charge is -2.32. The Kier molecular flexibility index (Phi) is 2.75. The molecule has 0 bridgehead atoms. The van der Waals surface area contributed by atoms with Gasteiger partial charge >= 0.3 is 7.12 Å². The molecule has 106 valence electrons. The lowest BCUT2D eigenvalue weighted by molar-refractivity contribution is 0.00578. The maximum absolute atomic E-state index is 14.0. The van der Waals surface area contributed by atoms with Crippen LogP contribution in [0.1, 0.15) is 33.3 Å². The third-order valence-electron chi connectivity index (χ3n) is 4.42. The van der Waals surface area contributed by atoms with Crippen molar-refractivity contribution in [2.75, 3.05) is 0 Å². The summed E-state index contributed by atoms with van der Waals surface area (Å²) in [6.07, 6.45) is 0. The highest BCUT2D eigenvalue weighted by atomic mass is 19.1. The van der Waals surface area contributed by atoms with E-state index < -0.39 is 24.3 Å². The topological polar surface area (TPSA) is 47.1 Å². The number of hydrogen-bond acceptors (Lipinski definition) is 3. The van der Waals surface area contributed by atoms with Crippen molar-refractivity contribution in [3.8, 4) is 0 Å². The first kappa shape index (κ1) is 13.6. The van der Waals surface area contributed by atoms with Gasteiger partial charge in [0.2, 0.25) is 5.95 Å². The summed E-state index contributed by atoms with van der Waals surface area (Å²) in [6, 6.07) is 3.70. The van der Waals surface area contributed by atoms with Gasteiger partial charge in [0.25, 0.3) is 0 Å². The number of fused-ring (bicyclic) bond motifs is 1. The number of halogens is 1. The van der Waals surface area contributed by atoms with E-state index in [9.17, 15) is 4.39 Å². The quantitative estimate of drug-likeness (QED) is 0.813. The number of rotatable bonds is 1. The van der Waals surface area contributed by atoms with Crippen molar-refractivity contribution < 1.29 is 13.7 Å². The van der Waals surface area contributed by atoms with Crippen molar-refractivity contribution in [1.29, 1.82) is 0 Å². The molecule has 3 rings (SSSR count). The molecule has 0 aliphatic carbocycles. The number of hydrogen-bond donors (Lipinski definition) is 1. The fraction of sp³-hybridized carbons (Fsp3) is 0.500. The molecule has 2 heterocycles. The zero-order valence-electron chi connectivity index (χ0n) is 12.4. The Bertz CT molecular complexity index is 665. The molecule has 0 radical (unpaired) electrons. The Morgan fingerprint density at radius 3 is 2.35 bits per heavy atom. The van der Waals surface area contributed by atoms with E-state index in [1.165, 1.54) is 0 Å². The maximum atomic E-state index is 14.0. The Labute approximate surface area is 117 Å². The molecule has 6 heteroatoms. The minimum atomic E-state index is -0.587. The van der Waals surface area contributed by atoms with E-state index in [0.717, 1.165) is 5.56 Å². The second-order valence-electron chi connectivity index (χ2n) is 6.32. The molecule has 2 aromatic rings. The molecular formula is C14H18BFN2O2. The van der Waals surface area contributed by atoms with Crippen LogP contribution in [0.15, 0.2) is 12.1 Å². The van der Waals surface area contributed by atoms with E-state index >= 15 is 0 Å². The predicted octanol–water partition coefficient (Wildman–Crippen LogP) is 2.31. The van der Waals surface area contributed by atoms with Crippen LogP contribution in [0.2, 0.25) is 0 Å². The molecule has 1 saturated heterocycles. The predicted molar refractivity (Wildman–Crippen MR) is 76.5 cm³/mol. The monoisotopic (exact) mass is 276 g/mol. The number of benzene rings is 1. The van der Waals surface area contributed by atoms with Gasteiger partial charge in [-0.1, -0.05) is 11.6 Å². The first-order valence-electron chi connectivity index (χ1n) is 6.72. The first-order chi connectivity index (χ1) is 9.23. The molecular weight excluding hydrogens is 258 g/mol. The molecule has 0 spiro atoms. The van der Waals surface area contributed by atoms with E-state index in [0.29, 0.717) is 16.4 Å². The molecule has 0 saturated carbocycles. The highest BCUT2D eigenvalue weighted by Gasteiger charge is 2.52. The zero-order chi connectivity index (χ0) is 14.7. The van der Waals surface area contributed by atoms with Crippen LogP contribution >= 0.6 is 0 Å². The summed E-state index contributed by atoms with van der Waals surface area (Å²) in [6.45, 7) is 9.84. The number of aryl methyl sites for hydroxylation is 1. The number of H-pyrrole nitrogens is 1. The molecule has 4 nitrogen and oxygen atoms in total. The van der Waals surface area contributed by atoms with Gasteiger partial charge in [0.15, 0.2) is 0 Å². The third kappa shape index (κ3) is 1.78. The van der Waals surface area contributed by atoms with E-state index in [4.69, 9.17) is 9.31 Å². The average Bonchev–Trinajstić information content (AvgIpc) is 2.78. The Balaban J connectivity index is 2.17. The summed E-state index contributed by atoms with van der Waals surface area (Å²) in [4.78, 5) is 0. The Hall–Kier alpha value is -1.40. The molecule has 1 aliphatic heterocycles. The lowest BCUT2D eigenvalue weighted by atomic mass is 9.74. The van der Waals surface area contributed by atoms with Crippen LogP contribution in [-0.2, 0) is 9.31 Å². The second kappa shape index (κ2) is 4.05. The van der Waals surface area contributed by atoms with Crippen LogP contribution in [0.3, 0.4) is 0 Å². The van der Waals surface area contributed by atoms with Crippen molar-refractivity contribution in [3.63, 3.8) is 0 Å². The number of aromatic nitrogens is 2.